The molecule has 150 valence electrons. The Morgan fingerprint density at radius 1 is 1.07 bits per heavy atom. The molecule has 6 nitrogen and oxygen atoms in total. The molecule has 0 bridgehead atoms. The smallest absolute Gasteiger partial charge is 0.255 e. The van der Waals surface area contributed by atoms with Crippen molar-refractivity contribution < 1.29 is 18.0 Å². The Morgan fingerprint density at radius 2 is 1.75 bits per heavy atom. The maximum atomic E-state index is 12.4. The average Bonchev–Trinajstić information content (AvgIpc) is 2.63. The lowest BCUT2D eigenvalue weighted by atomic mass is 9.89. The van der Waals surface area contributed by atoms with Crippen molar-refractivity contribution >= 4 is 44.6 Å². The molecule has 0 heterocycles. The van der Waals surface area contributed by atoms with Crippen LogP contribution in [0.15, 0.2) is 47.4 Å². The van der Waals surface area contributed by atoms with Gasteiger partial charge in [-0.25, -0.2) is 8.42 Å². The normalized spacial score (nSPS) is 11.8. The number of sulfone groups is 1. The Kier molecular flexibility index (Phi) is 6.52. The Bertz CT molecular complexity index is 1020. The molecule has 0 fully saturated rings. The molecular formula is C20H23ClN2O4S. The number of rotatable bonds is 6. The van der Waals surface area contributed by atoms with Gasteiger partial charge in [-0.2, -0.15) is 0 Å². The molecule has 0 aromatic heterocycles. The van der Waals surface area contributed by atoms with Crippen LogP contribution in [0.3, 0.4) is 0 Å². The predicted octanol–water partition coefficient (Wildman–Crippen LogP) is 4.37. The van der Waals surface area contributed by atoms with E-state index in [9.17, 15) is 18.0 Å². The van der Waals surface area contributed by atoms with Crippen molar-refractivity contribution in [2.75, 3.05) is 16.9 Å². The molecule has 2 rings (SSSR count). The second kappa shape index (κ2) is 8.32. The lowest BCUT2D eigenvalue weighted by molar-refractivity contribution is -0.124. The van der Waals surface area contributed by atoms with E-state index in [1.54, 1.807) is 18.2 Å². The molecule has 0 atom stereocenters. The van der Waals surface area contributed by atoms with Gasteiger partial charge in [0.05, 0.1) is 15.6 Å². The Morgan fingerprint density at radius 3 is 2.32 bits per heavy atom. The third kappa shape index (κ3) is 5.33. The van der Waals surface area contributed by atoms with Crippen LogP contribution in [-0.2, 0) is 14.6 Å². The number of benzene rings is 2. The van der Waals surface area contributed by atoms with Gasteiger partial charge in [-0.05, 0) is 42.8 Å². The fourth-order valence-electron chi connectivity index (χ4n) is 2.22. The summed E-state index contributed by atoms with van der Waals surface area (Å²) in [6.45, 7) is 5.64. The molecule has 8 heteroatoms. The van der Waals surface area contributed by atoms with Gasteiger partial charge in [0, 0.05) is 22.9 Å². The summed E-state index contributed by atoms with van der Waals surface area (Å²) in [4.78, 5) is 24.8. The molecule has 2 aromatic carbocycles. The number of hydrogen-bond acceptors (Lipinski definition) is 4. The first-order chi connectivity index (χ1) is 12.9. The second-order valence-electron chi connectivity index (χ2n) is 7.14. The third-order valence-electron chi connectivity index (χ3n) is 4.50. The van der Waals surface area contributed by atoms with Gasteiger partial charge < -0.3 is 10.6 Å². The van der Waals surface area contributed by atoms with Gasteiger partial charge in [-0.1, -0.05) is 38.4 Å². The summed E-state index contributed by atoms with van der Waals surface area (Å²) < 4.78 is 23.3. The van der Waals surface area contributed by atoms with Crippen LogP contribution in [0.4, 0.5) is 11.4 Å². The first-order valence-corrected chi connectivity index (χ1v) is 10.9. The molecule has 0 spiro atoms. The number of nitrogens with one attached hydrogen (secondary N) is 2. The number of carbonyl (C=O) groups is 2. The van der Waals surface area contributed by atoms with E-state index in [1.807, 2.05) is 20.8 Å². The van der Waals surface area contributed by atoms with Crippen LogP contribution >= 0.6 is 11.6 Å². The molecule has 0 aliphatic carbocycles. The fraction of sp³-hybridized carbons (Fsp3) is 0.300. The van der Waals surface area contributed by atoms with E-state index in [-0.39, 0.29) is 21.4 Å². The molecular weight excluding hydrogens is 400 g/mol. The van der Waals surface area contributed by atoms with Crippen LogP contribution < -0.4 is 10.6 Å². The quantitative estimate of drug-likeness (QED) is 0.722. The van der Waals surface area contributed by atoms with E-state index in [0.29, 0.717) is 17.8 Å². The first kappa shape index (κ1) is 21.9. The predicted molar refractivity (Wildman–Crippen MR) is 112 cm³/mol. The maximum Gasteiger partial charge on any atom is 0.255 e. The lowest BCUT2D eigenvalue weighted by Crippen LogP contribution is -2.29. The van der Waals surface area contributed by atoms with Crippen molar-refractivity contribution in [3.8, 4) is 0 Å². The fourth-order valence-corrected chi connectivity index (χ4v) is 3.11. The highest BCUT2D eigenvalue weighted by atomic mass is 35.5. The van der Waals surface area contributed by atoms with Gasteiger partial charge in [-0.3, -0.25) is 9.59 Å². The van der Waals surface area contributed by atoms with E-state index in [1.165, 1.54) is 24.3 Å². The van der Waals surface area contributed by atoms with E-state index >= 15 is 0 Å². The minimum Gasteiger partial charge on any atom is -0.326 e. The highest BCUT2D eigenvalue weighted by Crippen LogP contribution is 2.28. The van der Waals surface area contributed by atoms with Gasteiger partial charge in [0.2, 0.25) is 5.91 Å². The summed E-state index contributed by atoms with van der Waals surface area (Å²) in [6.07, 6.45) is 1.76. The summed E-state index contributed by atoms with van der Waals surface area (Å²) >= 11 is 6.23. The summed E-state index contributed by atoms with van der Waals surface area (Å²) in [7, 11) is -3.42. The molecule has 0 saturated carbocycles. The number of amides is 2. The summed E-state index contributed by atoms with van der Waals surface area (Å²) in [5, 5.41) is 5.71. The van der Waals surface area contributed by atoms with Gasteiger partial charge >= 0.3 is 0 Å². The highest BCUT2D eigenvalue weighted by molar-refractivity contribution is 7.90. The largest absolute Gasteiger partial charge is 0.326 e. The van der Waals surface area contributed by atoms with E-state index in [2.05, 4.69) is 10.6 Å². The number of anilines is 2. The molecule has 0 aliphatic rings. The average molecular weight is 423 g/mol. The Hall–Kier alpha value is -2.38. The molecule has 2 aromatic rings. The minimum atomic E-state index is -3.42. The summed E-state index contributed by atoms with van der Waals surface area (Å²) in [5.74, 6) is -0.614. The third-order valence-corrected chi connectivity index (χ3v) is 5.92. The lowest BCUT2D eigenvalue weighted by Gasteiger charge is -2.21. The molecule has 0 radical (unpaired) electrons. The van der Waals surface area contributed by atoms with Crippen LogP contribution in [0.25, 0.3) is 0 Å². The van der Waals surface area contributed by atoms with E-state index in [0.717, 1.165) is 6.26 Å². The first-order valence-electron chi connectivity index (χ1n) is 8.66. The van der Waals surface area contributed by atoms with Crippen molar-refractivity contribution in [2.45, 2.75) is 32.1 Å². The van der Waals surface area contributed by atoms with Crippen LogP contribution in [-0.4, -0.2) is 26.5 Å². The zero-order chi connectivity index (χ0) is 21.1. The van der Waals surface area contributed by atoms with Crippen LogP contribution in [0, 0.1) is 5.41 Å². The maximum absolute atomic E-state index is 12.4. The van der Waals surface area contributed by atoms with E-state index in [4.69, 9.17) is 11.6 Å². The zero-order valence-corrected chi connectivity index (χ0v) is 17.7. The number of hydrogen-bond donors (Lipinski definition) is 2. The second-order valence-corrected chi connectivity index (χ2v) is 9.56. The minimum absolute atomic E-state index is 0.0582. The Balaban J connectivity index is 2.17. The van der Waals surface area contributed by atoms with Gasteiger partial charge in [-0.15, -0.1) is 0 Å². The highest BCUT2D eigenvalue weighted by Gasteiger charge is 2.25. The van der Waals surface area contributed by atoms with Crippen molar-refractivity contribution in [1.29, 1.82) is 0 Å². The summed E-state index contributed by atoms with van der Waals surface area (Å²) in [5.41, 5.74) is 0.558. The molecule has 0 saturated heterocycles. The monoisotopic (exact) mass is 422 g/mol. The van der Waals surface area contributed by atoms with Crippen LogP contribution in [0.5, 0.6) is 0 Å². The van der Waals surface area contributed by atoms with Crippen molar-refractivity contribution in [3.05, 3.63) is 53.1 Å². The van der Waals surface area contributed by atoms with Crippen molar-refractivity contribution in [3.63, 3.8) is 0 Å². The van der Waals surface area contributed by atoms with Crippen molar-refractivity contribution in [2.24, 2.45) is 5.41 Å². The Labute approximate surface area is 170 Å². The van der Waals surface area contributed by atoms with Crippen molar-refractivity contribution in [1.82, 2.24) is 0 Å². The van der Waals surface area contributed by atoms with Crippen LogP contribution in [0.1, 0.15) is 37.6 Å². The number of halogens is 1. The topological polar surface area (TPSA) is 92.3 Å². The molecule has 0 unspecified atom stereocenters. The SMILES string of the molecule is CCC(C)(C)C(=O)Nc1ccc(NC(=O)c2cccc(S(C)(=O)=O)c2)c(Cl)c1. The van der Waals surface area contributed by atoms with Gasteiger partial charge in [0.25, 0.3) is 5.91 Å². The molecule has 0 aliphatic heterocycles. The zero-order valence-electron chi connectivity index (χ0n) is 16.2. The summed E-state index contributed by atoms with van der Waals surface area (Å²) in [6, 6.07) is 10.5. The molecule has 2 N–H and O–H groups in total. The van der Waals surface area contributed by atoms with Crippen LogP contribution in [0.2, 0.25) is 5.02 Å². The van der Waals surface area contributed by atoms with Gasteiger partial charge in [0.15, 0.2) is 9.84 Å². The van der Waals surface area contributed by atoms with Gasteiger partial charge in [0.1, 0.15) is 0 Å². The number of carbonyl (C=O) groups excluding carboxylic acids is 2. The van der Waals surface area contributed by atoms with E-state index < -0.39 is 21.2 Å². The molecule has 28 heavy (non-hydrogen) atoms. The molecule has 2 amide bonds. The standard InChI is InChI=1S/C20H23ClN2O4S/c1-5-20(2,3)19(25)22-14-9-10-17(16(21)12-14)23-18(24)13-7-6-8-15(11-13)28(4,26)27/h6-12H,5H2,1-4H3,(H,22,25)(H,23,24).